The Hall–Kier alpha value is -4.31. The molecule has 0 aromatic heterocycles. The minimum Gasteiger partial charge on any atom is -0.483 e. The molecule has 0 radical (unpaired) electrons. The molecule has 8 nitrogen and oxygen atoms in total. The van der Waals surface area contributed by atoms with Gasteiger partial charge in [-0.2, -0.15) is 0 Å². The smallest absolute Gasteiger partial charge is 0.335 e. The predicted molar refractivity (Wildman–Crippen MR) is 135 cm³/mol. The largest absolute Gasteiger partial charge is 0.483 e. The number of nitrogens with one attached hydrogen (secondary N) is 2. The Bertz CT molecular complexity index is 1400. The number of nitrogens with zero attached hydrogens (tertiary/aromatic N) is 1. The maximum Gasteiger partial charge on any atom is 0.335 e. The lowest BCUT2D eigenvalue weighted by atomic mass is 10.1. The molecule has 0 bridgehead atoms. The zero-order chi connectivity index (χ0) is 25.8. The number of anilines is 2. The van der Waals surface area contributed by atoms with Crippen molar-refractivity contribution in [2.24, 2.45) is 0 Å². The zero-order valence-corrected chi connectivity index (χ0v) is 20.5. The summed E-state index contributed by atoms with van der Waals surface area (Å²) in [7, 11) is 0. The first kappa shape index (κ1) is 24.8. The summed E-state index contributed by atoms with van der Waals surface area (Å²) in [5.41, 5.74) is 1.61. The summed E-state index contributed by atoms with van der Waals surface area (Å²) in [6.45, 7) is 1.54. The molecule has 5 amide bonds. The fourth-order valence-electron chi connectivity index (χ4n) is 3.44. The van der Waals surface area contributed by atoms with Crippen LogP contribution in [0.25, 0.3) is 6.08 Å². The topological polar surface area (TPSA) is 105 Å². The summed E-state index contributed by atoms with van der Waals surface area (Å²) in [6, 6.07) is 15.9. The Morgan fingerprint density at radius 3 is 2.53 bits per heavy atom. The number of rotatable bonds is 6. The maximum atomic E-state index is 13.3. The molecular formula is C26H19BrFN3O5. The normalized spacial score (nSPS) is 14.6. The van der Waals surface area contributed by atoms with Crippen molar-refractivity contribution in [3.8, 4) is 5.75 Å². The molecule has 10 heteroatoms. The third-order valence-corrected chi connectivity index (χ3v) is 5.73. The van der Waals surface area contributed by atoms with E-state index in [-0.39, 0.29) is 23.6 Å². The quantitative estimate of drug-likeness (QED) is 0.344. The molecule has 0 atom stereocenters. The van der Waals surface area contributed by atoms with Gasteiger partial charge in [-0.3, -0.25) is 19.7 Å². The highest BCUT2D eigenvalue weighted by Gasteiger charge is 2.37. The Balaban J connectivity index is 1.58. The molecule has 1 fully saturated rings. The monoisotopic (exact) mass is 551 g/mol. The van der Waals surface area contributed by atoms with Gasteiger partial charge in [-0.1, -0.05) is 34.1 Å². The van der Waals surface area contributed by atoms with Crippen molar-refractivity contribution in [1.29, 1.82) is 0 Å². The Morgan fingerprint density at radius 1 is 1.08 bits per heavy atom. The van der Waals surface area contributed by atoms with E-state index in [4.69, 9.17) is 4.74 Å². The highest BCUT2D eigenvalue weighted by molar-refractivity contribution is 9.10. The number of para-hydroxylation sites is 1. The maximum absolute atomic E-state index is 13.3. The van der Waals surface area contributed by atoms with Crippen molar-refractivity contribution in [3.63, 3.8) is 0 Å². The van der Waals surface area contributed by atoms with Crippen LogP contribution in [-0.2, 0) is 14.4 Å². The fraction of sp³-hybridized carbons (Fsp3) is 0.0769. The number of imide groups is 2. The van der Waals surface area contributed by atoms with E-state index in [0.29, 0.717) is 15.7 Å². The van der Waals surface area contributed by atoms with Gasteiger partial charge in [-0.05, 0) is 67.1 Å². The van der Waals surface area contributed by atoms with E-state index in [0.717, 1.165) is 22.6 Å². The van der Waals surface area contributed by atoms with Crippen LogP contribution in [0.5, 0.6) is 5.75 Å². The standard InChI is InChI=1S/C26H19BrFN3O5/c1-15-4-2-3-5-21(15)29-23(32)14-36-22-11-6-17(27)12-16(22)13-20-24(33)30-26(35)31(25(20)34)19-9-7-18(28)8-10-19/h2-13H,14H2,1H3,(H,29,32)(H,30,33,35)/b20-13+. The van der Waals surface area contributed by atoms with Crippen LogP contribution >= 0.6 is 15.9 Å². The average molecular weight is 552 g/mol. The number of ether oxygens (including phenoxy) is 1. The summed E-state index contributed by atoms with van der Waals surface area (Å²) in [6.07, 6.45) is 1.26. The van der Waals surface area contributed by atoms with Crippen LogP contribution in [0, 0.1) is 12.7 Å². The van der Waals surface area contributed by atoms with Crippen LogP contribution in [0.3, 0.4) is 0 Å². The number of hydrogen-bond donors (Lipinski definition) is 2. The van der Waals surface area contributed by atoms with Gasteiger partial charge in [0.05, 0.1) is 5.69 Å². The van der Waals surface area contributed by atoms with Crippen molar-refractivity contribution in [1.82, 2.24) is 5.32 Å². The number of amides is 5. The molecule has 0 aliphatic carbocycles. The number of hydrogen-bond acceptors (Lipinski definition) is 5. The lowest BCUT2D eigenvalue weighted by Gasteiger charge is -2.26. The molecule has 3 aromatic carbocycles. The van der Waals surface area contributed by atoms with Crippen LogP contribution in [0.15, 0.2) is 76.8 Å². The van der Waals surface area contributed by atoms with E-state index >= 15 is 0 Å². The molecule has 1 saturated heterocycles. The second-order valence-corrected chi connectivity index (χ2v) is 8.68. The number of aryl methyl sites for hydroxylation is 1. The number of urea groups is 1. The van der Waals surface area contributed by atoms with Gasteiger partial charge in [0.25, 0.3) is 17.7 Å². The Morgan fingerprint density at radius 2 is 1.81 bits per heavy atom. The Labute approximate surface area is 213 Å². The number of barbiturate groups is 1. The van der Waals surface area contributed by atoms with Gasteiger partial charge in [0.2, 0.25) is 0 Å². The molecule has 0 saturated carbocycles. The highest BCUT2D eigenvalue weighted by atomic mass is 79.9. The van der Waals surface area contributed by atoms with Crippen LogP contribution in [-0.4, -0.2) is 30.4 Å². The molecule has 1 heterocycles. The van der Waals surface area contributed by atoms with E-state index < -0.39 is 29.6 Å². The third-order valence-electron chi connectivity index (χ3n) is 5.24. The van der Waals surface area contributed by atoms with Crippen molar-refractivity contribution in [2.45, 2.75) is 6.92 Å². The minimum atomic E-state index is -0.952. The van der Waals surface area contributed by atoms with E-state index in [1.165, 1.54) is 18.2 Å². The van der Waals surface area contributed by atoms with E-state index in [1.54, 1.807) is 30.3 Å². The molecule has 1 aliphatic heterocycles. The van der Waals surface area contributed by atoms with Crippen molar-refractivity contribution in [2.75, 3.05) is 16.8 Å². The molecule has 4 rings (SSSR count). The van der Waals surface area contributed by atoms with Crippen molar-refractivity contribution in [3.05, 3.63) is 93.7 Å². The molecule has 3 aromatic rings. The fourth-order valence-corrected chi connectivity index (χ4v) is 3.82. The number of carbonyl (C=O) groups excluding carboxylic acids is 4. The number of halogens is 2. The molecule has 36 heavy (non-hydrogen) atoms. The predicted octanol–water partition coefficient (Wildman–Crippen LogP) is 4.58. The average Bonchev–Trinajstić information content (AvgIpc) is 2.84. The first-order valence-electron chi connectivity index (χ1n) is 10.7. The summed E-state index contributed by atoms with van der Waals surface area (Å²) < 4.78 is 19.6. The van der Waals surface area contributed by atoms with Gasteiger partial charge in [-0.25, -0.2) is 14.1 Å². The first-order chi connectivity index (χ1) is 17.2. The van der Waals surface area contributed by atoms with Crippen LogP contribution in [0.2, 0.25) is 0 Å². The molecule has 182 valence electrons. The molecule has 0 unspecified atom stereocenters. The summed E-state index contributed by atoms with van der Waals surface area (Å²) >= 11 is 3.34. The Kier molecular flexibility index (Phi) is 7.25. The van der Waals surface area contributed by atoms with E-state index in [9.17, 15) is 23.6 Å². The van der Waals surface area contributed by atoms with Crippen molar-refractivity contribution < 1.29 is 28.3 Å². The van der Waals surface area contributed by atoms with Crippen LogP contribution in [0.1, 0.15) is 11.1 Å². The highest BCUT2D eigenvalue weighted by Crippen LogP contribution is 2.28. The molecule has 0 spiro atoms. The number of carbonyl (C=O) groups is 4. The second kappa shape index (κ2) is 10.5. The molecule has 2 N–H and O–H groups in total. The van der Waals surface area contributed by atoms with E-state index in [2.05, 4.69) is 26.6 Å². The van der Waals surface area contributed by atoms with Gasteiger partial charge in [0.1, 0.15) is 17.1 Å². The third kappa shape index (κ3) is 5.49. The van der Waals surface area contributed by atoms with Gasteiger partial charge in [0.15, 0.2) is 6.61 Å². The van der Waals surface area contributed by atoms with Crippen LogP contribution in [0.4, 0.5) is 20.6 Å². The van der Waals surface area contributed by atoms with E-state index in [1.807, 2.05) is 19.1 Å². The second-order valence-electron chi connectivity index (χ2n) is 7.77. The zero-order valence-electron chi connectivity index (χ0n) is 18.9. The van der Waals surface area contributed by atoms with Crippen molar-refractivity contribution >= 4 is 57.1 Å². The van der Waals surface area contributed by atoms with Gasteiger partial charge >= 0.3 is 6.03 Å². The first-order valence-corrected chi connectivity index (χ1v) is 11.5. The summed E-state index contributed by atoms with van der Waals surface area (Å²) in [4.78, 5) is 51.1. The number of benzene rings is 3. The minimum absolute atomic E-state index is 0.0934. The molecule has 1 aliphatic rings. The van der Waals surface area contributed by atoms with Crippen LogP contribution < -0.4 is 20.3 Å². The van der Waals surface area contributed by atoms with Gasteiger partial charge < -0.3 is 10.1 Å². The van der Waals surface area contributed by atoms with Gasteiger partial charge in [0, 0.05) is 15.7 Å². The SMILES string of the molecule is Cc1ccccc1NC(=O)COc1ccc(Br)cc1/C=C1\C(=O)NC(=O)N(c2ccc(F)cc2)C1=O. The summed E-state index contributed by atoms with van der Waals surface area (Å²) in [5, 5.41) is 4.87. The van der Waals surface area contributed by atoms with Gasteiger partial charge in [-0.15, -0.1) is 0 Å². The lowest BCUT2D eigenvalue weighted by molar-refractivity contribution is -0.122. The summed E-state index contributed by atoms with van der Waals surface area (Å²) in [5.74, 6) is -2.50. The lowest BCUT2D eigenvalue weighted by Crippen LogP contribution is -2.54. The molecular weight excluding hydrogens is 533 g/mol.